The number of aliphatic imine (C=N–C) groups is 1. The monoisotopic (exact) mass is 503 g/mol. The fourth-order valence-corrected chi connectivity index (χ4v) is 4.74. The average molecular weight is 503 g/mol. The van der Waals surface area contributed by atoms with Crippen LogP contribution < -0.4 is 20.1 Å². The summed E-state index contributed by atoms with van der Waals surface area (Å²) < 4.78 is 11.0. The second kappa shape index (κ2) is 9.11. The van der Waals surface area contributed by atoms with Gasteiger partial charge in [0, 0.05) is 23.3 Å². The molecule has 2 N–H and O–H groups in total. The van der Waals surface area contributed by atoms with E-state index in [0.717, 1.165) is 35.8 Å². The summed E-state index contributed by atoms with van der Waals surface area (Å²) in [5.74, 6) is 2.69. The lowest BCUT2D eigenvalue weighted by Gasteiger charge is -2.19. The number of nitrogens with one attached hydrogen (secondary N) is 2. The maximum Gasteiger partial charge on any atom is 0.231 e. The number of halogens is 1. The van der Waals surface area contributed by atoms with Crippen LogP contribution in [0, 0.1) is 0 Å². The van der Waals surface area contributed by atoms with Crippen molar-refractivity contribution >= 4 is 41.7 Å². The van der Waals surface area contributed by atoms with Crippen LogP contribution in [0.15, 0.2) is 23.2 Å². The molecular weight excluding hydrogens is 473 g/mol. The van der Waals surface area contributed by atoms with Gasteiger partial charge in [-0.2, -0.15) is 11.8 Å². The van der Waals surface area contributed by atoms with Gasteiger partial charge in [0.25, 0.3) is 0 Å². The summed E-state index contributed by atoms with van der Waals surface area (Å²) in [7, 11) is 0. The van der Waals surface area contributed by atoms with Gasteiger partial charge < -0.3 is 20.1 Å². The number of hydrogen-bond acceptors (Lipinski definition) is 4. The Kier molecular flexibility index (Phi) is 7.05. The zero-order valence-electron chi connectivity index (χ0n) is 16.1. The highest BCUT2D eigenvalue weighted by atomic mass is 127. The van der Waals surface area contributed by atoms with Gasteiger partial charge in [0.15, 0.2) is 17.5 Å². The molecule has 1 aromatic rings. The highest BCUT2D eigenvalue weighted by Crippen LogP contribution is 2.50. The molecule has 150 valence electrons. The van der Waals surface area contributed by atoms with E-state index in [1.54, 1.807) is 0 Å². The van der Waals surface area contributed by atoms with Gasteiger partial charge in [-0.25, -0.2) is 0 Å². The second-order valence-corrected chi connectivity index (χ2v) is 8.69. The average Bonchev–Trinajstić information content (AvgIpc) is 3.08. The minimum atomic E-state index is 0. The smallest absolute Gasteiger partial charge is 0.231 e. The summed E-state index contributed by atoms with van der Waals surface area (Å²) in [6, 6.07) is 6.90. The fraction of sp³-hybridized carbons (Fsp3) is 0.650. The van der Waals surface area contributed by atoms with Crippen molar-refractivity contribution in [1.29, 1.82) is 0 Å². The van der Waals surface area contributed by atoms with Crippen LogP contribution in [0.2, 0.25) is 0 Å². The molecule has 2 aliphatic carbocycles. The fourth-order valence-electron chi connectivity index (χ4n) is 3.94. The Hall–Kier alpha value is -0.830. The lowest BCUT2D eigenvalue weighted by Crippen LogP contribution is -2.43. The summed E-state index contributed by atoms with van der Waals surface area (Å²) >= 11 is 1.99. The Balaban J connectivity index is 0.00000210. The lowest BCUT2D eigenvalue weighted by molar-refractivity contribution is 0.174. The molecule has 5 nitrogen and oxygen atoms in total. The number of guanidine groups is 1. The molecule has 0 radical (unpaired) electrons. The van der Waals surface area contributed by atoms with Gasteiger partial charge in [-0.3, -0.25) is 4.99 Å². The molecule has 0 aromatic heterocycles. The van der Waals surface area contributed by atoms with Crippen molar-refractivity contribution in [1.82, 2.24) is 10.6 Å². The molecule has 2 fully saturated rings. The van der Waals surface area contributed by atoms with Gasteiger partial charge in [0.05, 0.1) is 6.54 Å². The van der Waals surface area contributed by atoms with Crippen molar-refractivity contribution < 1.29 is 9.47 Å². The Morgan fingerprint density at radius 1 is 1.26 bits per heavy atom. The third-order valence-electron chi connectivity index (χ3n) is 5.78. The predicted molar refractivity (Wildman–Crippen MR) is 123 cm³/mol. The summed E-state index contributed by atoms with van der Waals surface area (Å²) in [5, 5.41) is 7.87. The molecule has 0 bridgehead atoms. The normalized spacial score (nSPS) is 25.0. The summed E-state index contributed by atoms with van der Waals surface area (Å²) in [5.41, 5.74) is 1.49. The molecule has 3 aliphatic rings. The van der Waals surface area contributed by atoms with Crippen molar-refractivity contribution in [3.05, 3.63) is 23.8 Å². The summed E-state index contributed by atoms with van der Waals surface area (Å²) in [6.07, 6.45) is 8.37. The Bertz CT molecular complexity index is 681. The molecule has 1 aromatic carbocycles. The lowest BCUT2D eigenvalue weighted by atomic mass is 9.96. The maximum atomic E-state index is 5.55. The van der Waals surface area contributed by atoms with E-state index < -0.39 is 0 Å². The molecule has 27 heavy (non-hydrogen) atoms. The minimum Gasteiger partial charge on any atom is -0.454 e. The van der Waals surface area contributed by atoms with Crippen LogP contribution in [0.25, 0.3) is 0 Å². The highest BCUT2D eigenvalue weighted by Gasteiger charge is 2.44. The first-order valence-electron chi connectivity index (χ1n) is 9.70. The summed E-state index contributed by atoms with van der Waals surface area (Å²) in [6.45, 7) is 4.17. The van der Waals surface area contributed by atoms with E-state index in [1.807, 2.05) is 17.8 Å². The third kappa shape index (κ3) is 4.78. The first-order chi connectivity index (χ1) is 12.7. The van der Waals surface area contributed by atoms with Crippen LogP contribution in [0.4, 0.5) is 0 Å². The van der Waals surface area contributed by atoms with Crippen LogP contribution in [-0.4, -0.2) is 43.4 Å². The highest BCUT2D eigenvalue weighted by molar-refractivity contribution is 14.0. The van der Waals surface area contributed by atoms with Gasteiger partial charge in [0.1, 0.15) is 0 Å². The molecule has 2 saturated carbocycles. The molecule has 1 heterocycles. The Labute approximate surface area is 183 Å². The Morgan fingerprint density at radius 3 is 2.78 bits per heavy atom. The minimum absolute atomic E-state index is 0. The standard InChI is InChI=1S/C20H29N3O2S.HI/c1-3-21-19(23-15-5-6-16(11-15)26-2)22-12-20(8-9-20)14-4-7-17-18(10-14)25-13-24-17;/h4,7,10,15-16H,3,5-6,8-9,11-13H2,1-2H3,(H2,21,22,23);1H. The molecule has 4 rings (SSSR count). The number of nitrogens with zero attached hydrogens (tertiary/aromatic N) is 1. The number of fused-ring (bicyclic) bond motifs is 1. The molecule has 0 amide bonds. The third-order valence-corrected chi connectivity index (χ3v) is 6.88. The van der Waals surface area contributed by atoms with Crippen molar-refractivity contribution in [2.75, 3.05) is 26.1 Å². The molecular formula is C20H30IN3O2S. The topological polar surface area (TPSA) is 54.9 Å². The van der Waals surface area contributed by atoms with E-state index in [4.69, 9.17) is 14.5 Å². The van der Waals surface area contributed by atoms with E-state index in [0.29, 0.717) is 12.8 Å². The van der Waals surface area contributed by atoms with Crippen molar-refractivity contribution in [2.24, 2.45) is 4.99 Å². The van der Waals surface area contributed by atoms with Crippen LogP contribution >= 0.6 is 35.7 Å². The van der Waals surface area contributed by atoms with Gasteiger partial charge in [0.2, 0.25) is 6.79 Å². The van der Waals surface area contributed by atoms with Crippen LogP contribution in [0.1, 0.15) is 44.6 Å². The number of benzene rings is 1. The SMILES string of the molecule is CCNC(=NCC1(c2ccc3c(c2)OCO3)CC1)NC1CCC(SC)C1.I. The first-order valence-corrected chi connectivity index (χ1v) is 11.0. The number of thioether (sulfide) groups is 1. The van der Waals surface area contributed by atoms with Crippen molar-refractivity contribution in [2.45, 2.75) is 55.7 Å². The van der Waals surface area contributed by atoms with Gasteiger partial charge in [-0.1, -0.05) is 6.07 Å². The van der Waals surface area contributed by atoms with Crippen LogP contribution in [0.5, 0.6) is 11.5 Å². The van der Waals surface area contributed by atoms with E-state index in [-0.39, 0.29) is 29.4 Å². The van der Waals surface area contributed by atoms with Gasteiger partial charge >= 0.3 is 0 Å². The predicted octanol–water partition coefficient (Wildman–Crippen LogP) is 3.90. The van der Waals surface area contributed by atoms with E-state index >= 15 is 0 Å². The second-order valence-electron chi connectivity index (χ2n) is 7.56. The Morgan fingerprint density at radius 2 is 2.07 bits per heavy atom. The number of hydrogen-bond donors (Lipinski definition) is 2. The van der Waals surface area contributed by atoms with E-state index in [9.17, 15) is 0 Å². The van der Waals surface area contributed by atoms with Crippen LogP contribution in [-0.2, 0) is 5.41 Å². The van der Waals surface area contributed by atoms with Crippen molar-refractivity contribution in [3.8, 4) is 11.5 Å². The van der Waals surface area contributed by atoms with Crippen LogP contribution in [0.3, 0.4) is 0 Å². The van der Waals surface area contributed by atoms with E-state index in [1.165, 1.54) is 37.7 Å². The molecule has 1 aliphatic heterocycles. The maximum absolute atomic E-state index is 5.55. The van der Waals surface area contributed by atoms with Crippen molar-refractivity contribution in [3.63, 3.8) is 0 Å². The molecule has 0 spiro atoms. The number of ether oxygens (including phenoxy) is 2. The quantitative estimate of drug-likeness (QED) is 0.351. The number of rotatable bonds is 6. The summed E-state index contributed by atoms with van der Waals surface area (Å²) in [4.78, 5) is 4.95. The zero-order valence-corrected chi connectivity index (χ0v) is 19.3. The molecule has 7 heteroatoms. The largest absolute Gasteiger partial charge is 0.454 e. The first kappa shape index (κ1) is 20.9. The van der Waals surface area contributed by atoms with Gasteiger partial charge in [-0.15, -0.1) is 24.0 Å². The molecule has 2 atom stereocenters. The zero-order chi connectivity index (χ0) is 18.0. The molecule has 2 unspecified atom stereocenters. The van der Waals surface area contributed by atoms with E-state index in [2.05, 4.69) is 35.9 Å². The van der Waals surface area contributed by atoms with Gasteiger partial charge in [-0.05, 0) is 63.0 Å². The molecule has 0 saturated heterocycles.